The van der Waals surface area contributed by atoms with Gasteiger partial charge in [0.25, 0.3) is 0 Å². The molecule has 2 atom stereocenters. The Labute approximate surface area is 94.2 Å². The topological polar surface area (TPSA) is 75.6 Å². The normalized spacial score (nSPS) is 27.9. The number of halogens is 3. The fourth-order valence-electron chi connectivity index (χ4n) is 1.50. The number of alkyl halides is 3. The number of aliphatic hydroxyl groups is 1. The average Bonchev–Trinajstić information content (AvgIpc) is 2.59. The van der Waals surface area contributed by atoms with E-state index in [2.05, 4.69) is 4.74 Å². The number of carbonyl (C=O) groups is 2. The van der Waals surface area contributed by atoms with Crippen molar-refractivity contribution in [3.63, 3.8) is 0 Å². The van der Waals surface area contributed by atoms with E-state index in [1.54, 1.807) is 0 Å². The molecule has 0 saturated heterocycles. The Morgan fingerprint density at radius 2 is 2.12 bits per heavy atom. The molecule has 0 aliphatic heterocycles. The first-order chi connectivity index (χ1) is 7.74. The number of rotatable bonds is 2. The Morgan fingerprint density at radius 1 is 1.53 bits per heavy atom. The van der Waals surface area contributed by atoms with Gasteiger partial charge in [-0.05, 0) is 0 Å². The van der Waals surface area contributed by atoms with Crippen molar-refractivity contribution >= 4 is 11.9 Å². The lowest BCUT2D eigenvalue weighted by Crippen LogP contribution is -2.62. The largest absolute Gasteiger partial charge is 0.471 e. The lowest BCUT2D eigenvalue weighted by atomic mass is 9.94. The van der Waals surface area contributed by atoms with Gasteiger partial charge in [-0.15, -0.1) is 0 Å². The van der Waals surface area contributed by atoms with Gasteiger partial charge < -0.3 is 15.2 Å². The molecule has 1 aliphatic carbocycles. The van der Waals surface area contributed by atoms with Crippen molar-refractivity contribution in [2.75, 3.05) is 7.11 Å². The molecule has 1 amide bonds. The van der Waals surface area contributed by atoms with Crippen LogP contribution in [0.25, 0.3) is 0 Å². The molecule has 8 heteroatoms. The van der Waals surface area contributed by atoms with Gasteiger partial charge in [0.05, 0.1) is 7.11 Å². The first kappa shape index (κ1) is 13.5. The van der Waals surface area contributed by atoms with Crippen LogP contribution in [0.3, 0.4) is 0 Å². The summed E-state index contributed by atoms with van der Waals surface area (Å²) >= 11 is 0. The first-order valence-corrected chi connectivity index (χ1v) is 4.56. The zero-order valence-electron chi connectivity index (χ0n) is 8.75. The summed E-state index contributed by atoms with van der Waals surface area (Å²) < 4.78 is 40.6. The molecular weight excluding hydrogens is 243 g/mol. The number of methoxy groups -OCH3 is 1. The zero-order valence-corrected chi connectivity index (χ0v) is 8.75. The quantitative estimate of drug-likeness (QED) is 0.532. The van der Waals surface area contributed by atoms with E-state index in [0.717, 1.165) is 13.2 Å². The maximum atomic E-state index is 12.1. The van der Waals surface area contributed by atoms with Crippen LogP contribution in [0.15, 0.2) is 12.2 Å². The Morgan fingerprint density at radius 3 is 2.47 bits per heavy atom. The number of esters is 1. The molecule has 0 radical (unpaired) electrons. The van der Waals surface area contributed by atoms with Gasteiger partial charge in [-0.25, -0.2) is 4.79 Å². The number of ether oxygens (including phenoxy) is 1. The van der Waals surface area contributed by atoms with Gasteiger partial charge in [0.1, 0.15) is 6.10 Å². The molecule has 0 bridgehead atoms. The SMILES string of the molecule is COC(=O)[C@]1(NC(=O)C(F)(F)F)CC=C[C@@H]1O. The van der Waals surface area contributed by atoms with Crippen LogP contribution in [0.2, 0.25) is 0 Å². The lowest BCUT2D eigenvalue weighted by Gasteiger charge is -2.30. The van der Waals surface area contributed by atoms with Crippen LogP contribution in [0.4, 0.5) is 13.2 Å². The van der Waals surface area contributed by atoms with Gasteiger partial charge in [-0.1, -0.05) is 12.2 Å². The Balaban J connectivity index is 2.95. The van der Waals surface area contributed by atoms with E-state index in [-0.39, 0.29) is 6.42 Å². The van der Waals surface area contributed by atoms with E-state index in [1.165, 1.54) is 11.4 Å². The Hall–Kier alpha value is -1.57. The Bertz CT molecular complexity index is 366. The highest BCUT2D eigenvalue weighted by Gasteiger charge is 2.52. The van der Waals surface area contributed by atoms with Gasteiger partial charge in [0.15, 0.2) is 5.54 Å². The van der Waals surface area contributed by atoms with Crippen molar-refractivity contribution in [1.29, 1.82) is 0 Å². The lowest BCUT2D eigenvalue weighted by molar-refractivity contribution is -0.179. The van der Waals surface area contributed by atoms with Crippen LogP contribution >= 0.6 is 0 Å². The van der Waals surface area contributed by atoms with Crippen molar-refractivity contribution in [1.82, 2.24) is 5.32 Å². The molecule has 17 heavy (non-hydrogen) atoms. The summed E-state index contributed by atoms with van der Waals surface area (Å²) in [4.78, 5) is 22.2. The predicted molar refractivity (Wildman–Crippen MR) is 48.7 cm³/mol. The third-order valence-corrected chi connectivity index (χ3v) is 2.41. The monoisotopic (exact) mass is 253 g/mol. The highest BCUT2D eigenvalue weighted by atomic mass is 19.4. The summed E-state index contributed by atoms with van der Waals surface area (Å²) in [6.07, 6.45) is -4.54. The highest BCUT2D eigenvalue weighted by molar-refractivity contribution is 5.91. The minimum absolute atomic E-state index is 0.261. The maximum Gasteiger partial charge on any atom is 0.471 e. The number of aliphatic hydroxyl groups excluding tert-OH is 1. The van der Waals surface area contributed by atoms with Crippen molar-refractivity contribution in [2.45, 2.75) is 24.2 Å². The molecular formula is C9H10F3NO4. The van der Waals surface area contributed by atoms with Crippen molar-refractivity contribution in [3.8, 4) is 0 Å². The van der Waals surface area contributed by atoms with E-state index < -0.39 is 29.7 Å². The number of hydrogen-bond acceptors (Lipinski definition) is 4. The molecule has 0 fully saturated rings. The number of amides is 1. The molecule has 1 aliphatic rings. The molecule has 0 aromatic carbocycles. The molecule has 1 rings (SSSR count). The molecule has 0 unspecified atom stereocenters. The summed E-state index contributed by atoms with van der Waals surface area (Å²) in [5.41, 5.74) is -2.10. The van der Waals surface area contributed by atoms with Gasteiger partial charge in [-0.2, -0.15) is 13.2 Å². The van der Waals surface area contributed by atoms with Gasteiger partial charge in [-0.3, -0.25) is 4.79 Å². The summed E-state index contributed by atoms with van der Waals surface area (Å²) in [6, 6.07) is 0. The van der Waals surface area contributed by atoms with E-state index >= 15 is 0 Å². The predicted octanol–water partition coefficient (Wildman–Crippen LogP) is -0.102. The smallest absolute Gasteiger partial charge is 0.467 e. The number of hydrogen-bond donors (Lipinski definition) is 2. The van der Waals surface area contributed by atoms with Gasteiger partial charge >= 0.3 is 18.1 Å². The van der Waals surface area contributed by atoms with E-state index in [9.17, 15) is 27.9 Å². The second-order valence-electron chi connectivity index (χ2n) is 3.49. The van der Waals surface area contributed by atoms with Crippen LogP contribution in [0.5, 0.6) is 0 Å². The molecule has 0 aromatic heterocycles. The number of carbonyl (C=O) groups excluding carboxylic acids is 2. The fraction of sp³-hybridized carbons (Fsp3) is 0.556. The van der Waals surface area contributed by atoms with Crippen molar-refractivity contribution in [3.05, 3.63) is 12.2 Å². The van der Waals surface area contributed by atoms with Crippen LogP contribution in [-0.2, 0) is 14.3 Å². The summed E-state index contributed by atoms with van der Waals surface area (Å²) in [5.74, 6) is -3.43. The van der Waals surface area contributed by atoms with E-state index in [4.69, 9.17) is 0 Å². The highest BCUT2D eigenvalue weighted by Crippen LogP contribution is 2.27. The van der Waals surface area contributed by atoms with E-state index in [0.29, 0.717) is 0 Å². The molecule has 0 aromatic rings. The van der Waals surface area contributed by atoms with Crippen molar-refractivity contribution < 1.29 is 32.6 Å². The first-order valence-electron chi connectivity index (χ1n) is 4.56. The summed E-state index contributed by atoms with van der Waals surface area (Å²) in [7, 11) is 0.953. The van der Waals surface area contributed by atoms with E-state index in [1.807, 2.05) is 0 Å². The zero-order chi connectivity index (χ0) is 13.3. The summed E-state index contributed by atoms with van der Waals surface area (Å²) in [6.45, 7) is 0. The average molecular weight is 253 g/mol. The molecule has 0 saturated carbocycles. The number of nitrogens with one attached hydrogen (secondary N) is 1. The summed E-state index contributed by atoms with van der Waals surface area (Å²) in [5, 5.41) is 11.0. The van der Waals surface area contributed by atoms with Crippen LogP contribution in [-0.4, -0.2) is 41.9 Å². The standard InChI is InChI=1S/C9H10F3NO4/c1-17-7(16)8(4-2-3-5(8)14)13-6(15)9(10,11)12/h2-3,5,14H,4H2,1H3,(H,13,15)/t5-,8-/m0/s1. The maximum absolute atomic E-state index is 12.1. The second kappa shape index (κ2) is 4.36. The fourth-order valence-corrected chi connectivity index (χ4v) is 1.50. The van der Waals surface area contributed by atoms with Gasteiger partial charge in [0.2, 0.25) is 0 Å². The second-order valence-corrected chi connectivity index (χ2v) is 3.49. The molecule has 96 valence electrons. The third-order valence-electron chi connectivity index (χ3n) is 2.41. The molecule has 0 heterocycles. The minimum Gasteiger partial charge on any atom is -0.467 e. The van der Waals surface area contributed by atoms with Crippen LogP contribution < -0.4 is 5.32 Å². The molecule has 0 spiro atoms. The Kier molecular flexibility index (Phi) is 3.46. The molecule has 2 N–H and O–H groups in total. The van der Waals surface area contributed by atoms with Crippen LogP contribution in [0.1, 0.15) is 6.42 Å². The van der Waals surface area contributed by atoms with Crippen LogP contribution in [0, 0.1) is 0 Å². The minimum atomic E-state index is -5.14. The van der Waals surface area contributed by atoms with Crippen molar-refractivity contribution in [2.24, 2.45) is 0 Å². The third kappa shape index (κ3) is 2.41. The molecule has 5 nitrogen and oxygen atoms in total. The van der Waals surface area contributed by atoms with Gasteiger partial charge in [0, 0.05) is 6.42 Å².